The minimum absolute atomic E-state index is 0.341. The zero-order valence-corrected chi connectivity index (χ0v) is 14.4. The maximum absolute atomic E-state index is 12.0. The minimum atomic E-state index is -0.544. The molecule has 0 bridgehead atoms. The maximum Gasteiger partial charge on any atom is 0.340 e. The quantitative estimate of drug-likeness (QED) is 0.782. The highest BCUT2D eigenvalue weighted by Crippen LogP contribution is 2.20. The molecular formula is C17H17BrN2O3. The summed E-state index contributed by atoms with van der Waals surface area (Å²) in [7, 11) is 1.72. The van der Waals surface area contributed by atoms with Gasteiger partial charge in [0.2, 0.25) is 0 Å². The van der Waals surface area contributed by atoms with Crippen molar-refractivity contribution in [3.8, 4) is 0 Å². The van der Waals surface area contributed by atoms with E-state index in [1.54, 1.807) is 31.3 Å². The van der Waals surface area contributed by atoms with E-state index in [0.29, 0.717) is 16.9 Å². The van der Waals surface area contributed by atoms with Gasteiger partial charge in [0.15, 0.2) is 6.61 Å². The molecule has 2 aromatic carbocycles. The van der Waals surface area contributed by atoms with E-state index in [0.717, 1.165) is 10.0 Å². The normalized spacial score (nSPS) is 10.0. The fourth-order valence-corrected chi connectivity index (χ4v) is 2.25. The molecule has 5 nitrogen and oxygen atoms in total. The lowest BCUT2D eigenvalue weighted by molar-refractivity contribution is -0.119. The van der Waals surface area contributed by atoms with Gasteiger partial charge in [-0.1, -0.05) is 28.1 Å². The van der Waals surface area contributed by atoms with Gasteiger partial charge < -0.3 is 15.4 Å². The van der Waals surface area contributed by atoms with Gasteiger partial charge in [-0.3, -0.25) is 4.79 Å². The predicted octanol–water partition coefficient (Wildman–Crippen LogP) is 3.59. The second-order valence-corrected chi connectivity index (χ2v) is 5.74. The molecule has 0 spiro atoms. The molecule has 23 heavy (non-hydrogen) atoms. The van der Waals surface area contributed by atoms with Gasteiger partial charge in [-0.25, -0.2) is 4.79 Å². The molecule has 0 saturated carbocycles. The lowest BCUT2D eigenvalue weighted by Crippen LogP contribution is -2.21. The Kier molecular flexibility index (Phi) is 5.76. The molecule has 0 atom stereocenters. The Morgan fingerprint density at radius 1 is 1.17 bits per heavy atom. The lowest BCUT2D eigenvalue weighted by Gasteiger charge is -2.10. The van der Waals surface area contributed by atoms with Crippen molar-refractivity contribution < 1.29 is 14.3 Å². The molecule has 6 heteroatoms. The number of hydrogen-bond acceptors (Lipinski definition) is 4. The van der Waals surface area contributed by atoms with Crippen LogP contribution in [0.5, 0.6) is 0 Å². The Hall–Kier alpha value is -2.34. The van der Waals surface area contributed by atoms with Crippen LogP contribution in [0.3, 0.4) is 0 Å². The van der Waals surface area contributed by atoms with E-state index in [2.05, 4.69) is 26.6 Å². The average molecular weight is 377 g/mol. The van der Waals surface area contributed by atoms with Crippen LogP contribution in [0.4, 0.5) is 11.4 Å². The number of carbonyl (C=O) groups excluding carboxylic acids is 2. The molecule has 0 aromatic heterocycles. The molecule has 0 fully saturated rings. The van der Waals surface area contributed by atoms with E-state index < -0.39 is 5.97 Å². The number of para-hydroxylation sites is 1. The summed E-state index contributed by atoms with van der Waals surface area (Å²) in [6, 6.07) is 12.4. The summed E-state index contributed by atoms with van der Waals surface area (Å²) in [5.41, 5.74) is 2.70. The van der Waals surface area contributed by atoms with Crippen LogP contribution in [0.2, 0.25) is 0 Å². The Bertz CT molecular complexity index is 732. The summed E-state index contributed by atoms with van der Waals surface area (Å²) in [6.45, 7) is 1.58. The number of aryl methyl sites for hydroxylation is 1. The van der Waals surface area contributed by atoms with Gasteiger partial charge in [0.1, 0.15) is 0 Å². The Labute approximate surface area is 143 Å². The van der Waals surface area contributed by atoms with Crippen LogP contribution >= 0.6 is 15.9 Å². The number of anilines is 2. The largest absolute Gasteiger partial charge is 0.452 e. The second kappa shape index (κ2) is 7.78. The topological polar surface area (TPSA) is 67.4 Å². The molecule has 0 aliphatic heterocycles. The van der Waals surface area contributed by atoms with Crippen molar-refractivity contribution in [3.05, 3.63) is 58.1 Å². The molecule has 0 radical (unpaired) electrons. The zero-order chi connectivity index (χ0) is 16.8. The van der Waals surface area contributed by atoms with Crippen molar-refractivity contribution in [1.82, 2.24) is 0 Å². The fraction of sp³-hybridized carbons (Fsp3) is 0.176. The minimum Gasteiger partial charge on any atom is -0.452 e. The summed E-state index contributed by atoms with van der Waals surface area (Å²) in [6.07, 6.45) is 0. The second-order valence-electron chi connectivity index (χ2n) is 4.88. The predicted molar refractivity (Wildman–Crippen MR) is 93.8 cm³/mol. The first kappa shape index (κ1) is 17.0. The highest BCUT2D eigenvalue weighted by atomic mass is 79.9. The molecule has 0 saturated heterocycles. The van der Waals surface area contributed by atoms with E-state index in [1.807, 2.05) is 25.1 Å². The first-order chi connectivity index (χ1) is 11.0. The molecule has 2 rings (SSSR count). The van der Waals surface area contributed by atoms with Gasteiger partial charge in [0, 0.05) is 22.9 Å². The maximum atomic E-state index is 12.0. The number of benzene rings is 2. The molecule has 2 aromatic rings. The van der Waals surface area contributed by atoms with Crippen molar-refractivity contribution in [1.29, 1.82) is 0 Å². The first-order valence-corrected chi connectivity index (χ1v) is 7.80. The number of ether oxygens (including phenoxy) is 1. The van der Waals surface area contributed by atoms with Crippen LogP contribution in [0, 0.1) is 6.92 Å². The summed E-state index contributed by atoms with van der Waals surface area (Å²) < 4.78 is 6.02. The van der Waals surface area contributed by atoms with Crippen LogP contribution in [-0.2, 0) is 9.53 Å². The van der Waals surface area contributed by atoms with Crippen molar-refractivity contribution >= 4 is 39.2 Å². The first-order valence-electron chi connectivity index (χ1n) is 7.01. The summed E-state index contributed by atoms with van der Waals surface area (Å²) in [5, 5.41) is 5.60. The standard InChI is InChI=1S/C17H17BrN2O3/c1-11-9-12(7-8-14(11)18)20-16(21)10-23-17(22)13-5-3-4-6-15(13)19-2/h3-9,19H,10H2,1-2H3,(H,20,21). The molecule has 0 heterocycles. The van der Waals surface area contributed by atoms with Gasteiger partial charge in [-0.2, -0.15) is 0 Å². The van der Waals surface area contributed by atoms with Gasteiger partial charge in [0.25, 0.3) is 5.91 Å². The van der Waals surface area contributed by atoms with Crippen LogP contribution in [0.25, 0.3) is 0 Å². The van der Waals surface area contributed by atoms with Crippen molar-refractivity contribution in [3.63, 3.8) is 0 Å². The highest BCUT2D eigenvalue weighted by Gasteiger charge is 2.13. The molecule has 0 aliphatic carbocycles. The van der Waals surface area contributed by atoms with Gasteiger partial charge in [0.05, 0.1) is 5.56 Å². The van der Waals surface area contributed by atoms with Crippen molar-refractivity contribution in [2.45, 2.75) is 6.92 Å². The third-order valence-electron chi connectivity index (χ3n) is 3.19. The number of nitrogens with one attached hydrogen (secondary N) is 2. The highest BCUT2D eigenvalue weighted by molar-refractivity contribution is 9.10. The summed E-state index contributed by atoms with van der Waals surface area (Å²) in [5.74, 6) is -0.931. The van der Waals surface area contributed by atoms with E-state index in [9.17, 15) is 9.59 Å². The van der Waals surface area contributed by atoms with Gasteiger partial charge in [-0.05, 0) is 42.8 Å². The molecule has 2 N–H and O–H groups in total. The van der Waals surface area contributed by atoms with Crippen LogP contribution in [0.1, 0.15) is 15.9 Å². The molecule has 0 unspecified atom stereocenters. The van der Waals surface area contributed by atoms with E-state index in [1.165, 1.54) is 0 Å². The van der Waals surface area contributed by atoms with E-state index in [4.69, 9.17) is 4.74 Å². The number of esters is 1. The Morgan fingerprint density at radius 2 is 1.91 bits per heavy atom. The summed E-state index contributed by atoms with van der Waals surface area (Å²) >= 11 is 3.40. The third-order valence-corrected chi connectivity index (χ3v) is 4.08. The number of amides is 1. The van der Waals surface area contributed by atoms with Gasteiger partial charge in [-0.15, -0.1) is 0 Å². The monoisotopic (exact) mass is 376 g/mol. The summed E-state index contributed by atoms with van der Waals surface area (Å²) in [4.78, 5) is 23.9. The Morgan fingerprint density at radius 3 is 2.61 bits per heavy atom. The number of carbonyl (C=O) groups is 2. The molecule has 120 valence electrons. The SMILES string of the molecule is CNc1ccccc1C(=O)OCC(=O)Nc1ccc(Br)c(C)c1. The van der Waals surface area contributed by atoms with Crippen LogP contribution < -0.4 is 10.6 Å². The van der Waals surface area contributed by atoms with Gasteiger partial charge >= 0.3 is 5.97 Å². The molecule has 0 aliphatic rings. The number of rotatable bonds is 5. The Balaban J connectivity index is 1.93. The fourth-order valence-electron chi connectivity index (χ4n) is 2.01. The average Bonchev–Trinajstić information content (AvgIpc) is 2.56. The van der Waals surface area contributed by atoms with Crippen LogP contribution in [-0.4, -0.2) is 25.5 Å². The smallest absolute Gasteiger partial charge is 0.340 e. The lowest BCUT2D eigenvalue weighted by atomic mass is 10.2. The number of halogens is 1. The molecule has 1 amide bonds. The van der Waals surface area contributed by atoms with Crippen LogP contribution in [0.15, 0.2) is 46.9 Å². The zero-order valence-electron chi connectivity index (χ0n) is 12.9. The van der Waals surface area contributed by atoms with E-state index >= 15 is 0 Å². The molecular weight excluding hydrogens is 360 g/mol. The van der Waals surface area contributed by atoms with E-state index in [-0.39, 0.29) is 12.5 Å². The van der Waals surface area contributed by atoms with Crippen molar-refractivity contribution in [2.75, 3.05) is 24.3 Å². The number of hydrogen-bond donors (Lipinski definition) is 2. The third kappa shape index (κ3) is 4.56. The van der Waals surface area contributed by atoms with Crippen molar-refractivity contribution in [2.24, 2.45) is 0 Å².